The Morgan fingerprint density at radius 2 is 1.43 bits per heavy atom. The molecule has 0 aliphatic heterocycles. The van der Waals surface area contributed by atoms with Crippen LogP contribution >= 0.6 is 0 Å². The van der Waals surface area contributed by atoms with Crippen molar-refractivity contribution in [1.29, 1.82) is 0 Å². The Morgan fingerprint density at radius 3 is 2.09 bits per heavy atom. The van der Waals surface area contributed by atoms with Gasteiger partial charge in [0.05, 0.1) is 11.3 Å². The molecule has 1 radical (unpaired) electrons. The van der Waals surface area contributed by atoms with Gasteiger partial charge in [-0.3, -0.25) is 0 Å². The summed E-state index contributed by atoms with van der Waals surface area (Å²) in [5, 5.41) is 2.09. The van der Waals surface area contributed by atoms with Crippen LogP contribution in [0.2, 0.25) is 0 Å². The van der Waals surface area contributed by atoms with Gasteiger partial charge in [-0.15, -0.1) is 54.1 Å². The molecule has 5 heteroatoms. The Kier molecular flexibility index (Phi) is 12.1. The van der Waals surface area contributed by atoms with Crippen LogP contribution in [0.25, 0.3) is 55.8 Å². The molecule has 4 heterocycles. The SMILES string of the molecule is Cc1cnc(-c2[c-]ccc3c2oc2nc(-c4c(C(C)C)cccc4C(C)C)ccc23)cc1C1CC(C)CC(C)C1.[Ir].[c-]1ccccc1-c1ccccn1. The van der Waals surface area contributed by atoms with Gasteiger partial charge in [0.25, 0.3) is 0 Å². The summed E-state index contributed by atoms with van der Waals surface area (Å²) in [6.45, 7) is 16.0. The summed E-state index contributed by atoms with van der Waals surface area (Å²) in [6.07, 6.45) is 7.65. The van der Waals surface area contributed by atoms with Crippen LogP contribution in [0.4, 0.5) is 0 Å². The molecule has 273 valence electrons. The van der Waals surface area contributed by atoms with Gasteiger partial charge in [-0.2, -0.15) is 0 Å². The molecule has 8 rings (SSSR count). The van der Waals surface area contributed by atoms with E-state index < -0.39 is 0 Å². The summed E-state index contributed by atoms with van der Waals surface area (Å²) < 4.78 is 6.57. The fourth-order valence-electron chi connectivity index (χ4n) is 8.19. The fourth-order valence-corrected chi connectivity index (χ4v) is 8.19. The third kappa shape index (κ3) is 8.22. The second-order valence-corrected chi connectivity index (χ2v) is 15.4. The van der Waals surface area contributed by atoms with Gasteiger partial charge < -0.3 is 14.4 Å². The number of nitrogens with zero attached hydrogens (tertiary/aromatic N) is 3. The van der Waals surface area contributed by atoms with Crippen molar-refractivity contribution >= 4 is 22.1 Å². The normalized spacial score (nSPS) is 17.1. The van der Waals surface area contributed by atoms with Crippen molar-refractivity contribution in [1.82, 2.24) is 15.0 Å². The predicted molar refractivity (Wildman–Crippen MR) is 215 cm³/mol. The number of hydrogen-bond acceptors (Lipinski definition) is 4. The van der Waals surface area contributed by atoms with Gasteiger partial charge in [0.2, 0.25) is 5.71 Å². The molecule has 1 aliphatic rings. The molecule has 0 spiro atoms. The molecule has 7 aromatic rings. The van der Waals surface area contributed by atoms with E-state index >= 15 is 0 Å². The molecule has 3 aromatic carbocycles. The average molecular weight is 876 g/mol. The topological polar surface area (TPSA) is 51.8 Å². The zero-order valence-electron chi connectivity index (χ0n) is 31.9. The maximum Gasteiger partial charge on any atom is 0.216 e. The van der Waals surface area contributed by atoms with E-state index in [1.165, 1.54) is 47.1 Å². The first-order chi connectivity index (χ1) is 25.2. The van der Waals surface area contributed by atoms with Crippen molar-refractivity contribution in [2.45, 2.75) is 85.5 Å². The molecule has 0 amide bonds. The van der Waals surface area contributed by atoms with Crippen LogP contribution in [-0.2, 0) is 20.1 Å². The summed E-state index contributed by atoms with van der Waals surface area (Å²) in [5.41, 5.74) is 12.9. The predicted octanol–water partition coefficient (Wildman–Crippen LogP) is 13.2. The number of hydrogen-bond donors (Lipinski definition) is 0. The molecule has 2 atom stereocenters. The largest absolute Gasteiger partial charge is 0.486 e. The molecule has 0 saturated heterocycles. The average Bonchev–Trinajstić information content (AvgIpc) is 3.53. The summed E-state index contributed by atoms with van der Waals surface area (Å²) in [5.74, 6) is 2.90. The maximum atomic E-state index is 6.57. The van der Waals surface area contributed by atoms with Gasteiger partial charge in [0.1, 0.15) is 0 Å². The molecular weight excluding hydrogens is 827 g/mol. The van der Waals surface area contributed by atoms with Crippen molar-refractivity contribution in [3.8, 4) is 33.8 Å². The van der Waals surface area contributed by atoms with Gasteiger partial charge in [-0.1, -0.05) is 88.9 Å². The van der Waals surface area contributed by atoms with Crippen LogP contribution in [0.3, 0.4) is 0 Å². The molecule has 1 saturated carbocycles. The number of furan rings is 1. The third-order valence-electron chi connectivity index (χ3n) is 10.6. The Morgan fingerprint density at radius 1 is 0.698 bits per heavy atom. The number of fused-ring (bicyclic) bond motifs is 3. The van der Waals surface area contributed by atoms with E-state index in [0.717, 1.165) is 56.4 Å². The van der Waals surface area contributed by atoms with E-state index in [-0.39, 0.29) is 20.1 Å². The van der Waals surface area contributed by atoms with E-state index in [2.05, 4.69) is 108 Å². The van der Waals surface area contributed by atoms with E-state index in [9.17, 15) is 0 Å². The molecule has 53 heavy (non-hydrogen) atoms. The molecule has 1 fully saturated rings. The van der Waals surface area contributed by atoms with E-state index in [4.69, 9.17) is 14.4 Å². The first kappa shape index (κ1) is 38.3. The number of aryl methyl sites for hydroxylation is 1. The first-order valence-electron chi connectivity index (χ1n) is 18.9. The molecule has 0 bridgehead atoms. The van der Waals surface area contributed by atoms with E-state index in [0.29, 0.717) is 23.5 Å². The minimum atomic E-state index is 0. The van der Waals surface area contributed by atoms with E-state index in [1.807, 2.05) is 54.7 Å². The Bertz CT molecular complexity index is 2220. The van der Waals surface area contributed by atoms with Gasteiger partial charge in [-0.25, -0.2) is 4.98 Å². The number of aromatic nitrogens is 3. The second-order valence-electron chi connectivity index (χ2n) is 15.4. The quantitative estimate of drug-likeness (QED) is 0.156. The van der Waals surface area contributed by atoms with Gasteiger partial charge >= 0.3 is 0 Å². The summed E-state index contributed by atoms with van der Waals surface area (Å²) in [4.78, 5) is 14.2. The van der Waals surface area contributed by atoms with Crippen molar-refractivity contribution in [2.75, 3.05) is 0 Å². The monoisotopic (exact) mass is 876 g/mol. The first-order valence-corrected chi connectivity index (χ1v) is 18.9. The third-order valence-corrected chi connectivity index (χ3v) is 10.6. The molecule has 0 N–H and O–H groups in total. The van der Waals surface area contributed by atoms with Crippen LogP contribution in [0.5, 0.6) is 0 Å². The molecule has 4 nitrogen and oxygen atoms in total. The van der Waals surface area contributed by atoms with Crippen LogP contribution in [-0.4, -0.2) is 15.0 Å². The summed E-state index contributed by atoms with van der Waals surface area (Å²) >= 11 is 0. The maximum absolute atomic E-state index is 6.57. The summed E-state index contributed by atoms with van der Waals surface area (Å²) in [6, 6.07) is 37.7. The Balaban J connectivity index is 0.000000313. The van der Waals surface area contributed by atoms with Gasteiger partial charge in [0.15, 0.2) is 0 Å². The minimum Gasteiger partial charge on any atom is -0.486 e. The Labute approximate surface area is 328 Å². The second kappa shape index (κ2) is 16.7. The van der Waals surface area contributed by atoms with Crippen LogP contribution in [0.15, 0.2) is 108 Å². The number of pyridine rings is 3. The van der Waals surface area contributed by atoms with Crippen LogP contribution < -0.4 is 0 Å². The fraction of sp³-hybridized carbons (Fsp3) is 0.312. The zero-order chi connectivity index (χ0) is 36.4. The van der Waals surface area contributed by atoms with Crippen molar-refractivity contribution < 1.29 is 24.5 Å². The smallest absolute Gasteiger partial charge is 0.216 e. The van der Waals surface area contributed by atoms with Crippen LogP contribution in [0, 0.1) is 30.9 Å². The Hall–Kier alpha value is -4.44. The van der Waals surface area contributed by atoms with Crippen molar-refractivity contribution in [3.63, 3.8) is 0 Å². The van der Waals surface area contributed by atoms with Crippen LogP contribution in [0.1, 0.15) is 101 Å². The molecule has 4 aromatic heterocycles. The van der Waals surface area contributed by atoms with Gasteiger partial charge in [-0.05, 0) is 108 Å². The van der Waals surface area contributed by atoms with Crippen molar-refractivity contribution in [3.05, 3.63) is 138 Å². The minimum absolute atomic E-state index is 0. The molecule has 2 unspecified atom stereocenters. The molecular formula is C48H49IrN3O-2. The summed E-state index contributed by atoms with van der Waals surface area (Å²) in [7, 11) is 0. The number of rotatable bonds is 6. The number of benzene rings is 3. The van der Waals surface area contributed by atoms with Gasteiger partial charge in [0, 0.05) is 43.4 Å². The standard InChI is InChI=1S/C37H41N2O.C11H8N.Ir/c1-21(2)27-10-8-11-28(22(3)4)35(27)33-15-14-30-29-12-9-13-31(36(29)40-37(30)39-33)34-19-32(25(7)20-38-34)26-17-23(5)16-24(6)18-26;1-2-6-10(7-3-1)11-8-4-5-9-12-11;/h8-12,14-15,19-24,26H,16-18H2,1-7H3;1-6,8-9H;/q2*-1;. The van der Waals surface area contributed by atoms with Crippen molar-refractivity contribution in [2.24, 2.45) is 11.8 Å². The van der Waals surface area contributed by atoms with E-state index in [1.54, 1.807) is 6.20 Å². The zero-order valence-corrected chi connectivity index (χ0v) is 34.3. The molecule has 1 aliphatic carbocycles.